The number of amides is 1. The van der Waals surface area contributed by atoms with Gasteiger partial charge in [-0.2, -0.15) is 5.10 Å². The van der Waals surface area contributed by atoms with Gasteiger partial charge in [0.25, 0.3) is 0 Å². The third kappa shape index (κ3) is 2.47. The number of carbonyl (C=O) groups is 1. The minimum absolute atomic E-state index is 0. The van der Waals surface area contributed by atoms with E-state index in [4.69, 9.17) is 0 Å². The number of nitrogens with one attached hydrogen (secondary N) is 3. The molecule has 18 heavy (non-hydrogen) atoms. The third-order valence-electron chi connectivity index (χ3n) is 3.08. The second-order valence-corrected chi connectivity index (χ2v) is 4.31. The molecule has 1 fully saturated rings. The number of rotatable bonds is 2. The Morgan fingerprint density at radius 2 is 2.33 bits per heavy atom. The van der Waals surface area contributed by atoms with Gasteiger partial charge in [-0.15, -0.1) is 12.4 Å². The van der Waals surface area contributed by atoms with Gasteiger partial charge in [-0.25, -0.2) is 0 Å². The number of halogens is 1. The van der Waals surface area contributed by atoms with Crippen LogP contribution < -0.4 is 10.6 Å². The van der Waals surface area contributed by atoms with E-state index in [-0.39, 0.29) is 24.4 Å². The topological polar surface area (TPSA) is 69.8 Å². The minimum Gasteiger partial charge on any atom is -0.325 e. The molecule has 0 bridgehead atoms. The van der Waals surface area contributed by atoms with Crippen LogP contribution in [0.1, 0.15) is 12.8 Å². The van der Waals surface area contributed by atoms with E-state index in [2.05, 4.69) is 20.8 Å². The number of benzene rings is 1. The Bertz CT molecular complexity index is 548. The highest BCUT2D eigenvalue weighted by molar-refractivity contribution is 5.96. The van der Waals surface area contributed by atoms with E-state index in [1.165, 1.54) is 0 Å². The molecular formula is C12H15ClN4O. The number of hydrogen-bond donors (Lipinski definition) is 3. The molecule has 1 aliphatic rings. The average molecular weight is 267 g/mol. The highest BCUT2D eigenvalue weighted by Crippen LogP contribution is 2.17. The molecule has 3 N–H and O–H groups in total. The molecule has 1 aromatic heterocycles. The van der Waals surface area contributed by atoms with Crippen molar-refractivity contribution >= 4 is 34.9 Å². The van der Waals surface area contributed by atoms with Crippen LogP contribution in [0, 0.1) is 0 Å². The maximum absolute atomic E-state index is 11.9. The molecule has 5 nitrogen and oxygen atoms in total. The van der Waals surface area contributed by atoms with Crippen molar-refractivity contribution in [2.24, 2.45) is 0 Å². The average Bonchev–Trinajstić information content (AvgIpc) is 2.99. The number of nitrogens with zero attached hydrogens (tertiary/aromatic N) is 1. The summed E-state index contributed by atoms with van der Waals surface area (Å²) in [7, 11) is 0. The van der Waals surface area contributed by atoms with Crippen molar-refractivity contribution < 1.29 is 4.79 Å². The summed E-state index contributed by atoms with van der Waals surface area (Å²) in [4.78, 5) is 11.9. The van der Waals surface area contributed by atoms with E-state index in [0.29, 0.717) is 0 Å². The van der Waals surface area contributed by atoms with E-state index in [1.54, 1.807) is 6.20 Å². The van der Waals surface area contributed by atoms with Crippen LogP contribution in [0.4, 0.5) is 5.69 Å². The lowest BCUT2D eigenvalue weighted by Gasteiger charge is -2.10. The molecule has 6 heteroatoms. The first-order valence-corrected chi connectivity index (χ1v) is 5.80. The molecule has 0 saturated carbocycles. The van der Waals surface area contributed by atoms with E-state index in [0.717, 1.165) is 36.0 Å². The van der Waals surface area contributed by atoms with Gasteiger partial charge in [-0.3, -0.25) is 9.89 Å². The fourth-order valence-electron chi connectivity index (χ4n) is 2.16. The van der Waals surface area contributed by atoms with Crippen molar-refractivity contribution in [1.82, 2.24) is 15.5 Å². The molecule has 2 heterocycles. The number of anilines is 1. The highest BCUT2D eigenvalue weighted by Gasteiger charge is 2.21. The first kappa shape index (κ1) is 12.9. The molecule has 1 atom stereocenters. The number of carbonyl (C=O) groups excluding carboxylic acids is 1. The predicted octanol–water partition coefficient (Wildman–Crippen LogP) is 1.68. The standard InChI is InChI=1S/C12H14N4O.ClH/c17-12(11-2-1-5-13-11)15-9-3-4-10-8(6-9)7-14-16-10;/h3-4,6-7,11,13H,1-2,5H2,(H,14,16)(H,15,17);1H. The molecule has 1 aromatic carbocycles. The van der Waals surface area contributed by atoms with Crippen LogP contribution in [0.2, 0.25) is 0 Å². The zero-order chi connectivity index (χ0) is 11.7. The summed E-state index contributed by atoms with van der Waals surface area (Å²) in [6.45, 7) is 0.929. The summed E-state index contributed by atoms with van der Waals surface area (Å²) in [5, 5.41) is 13.9. The maximum Gasteiger partial charge on any atom is 0.241 e. The molecule has 1 amide bonds. The second kappa shape index (κ2) is 5.37. The van der Waals surface area contributed by atoms with Gasteiger partial charge in [0.05, 0.1) is 17.8 Å². The lowest BCUT2D eigenvalue weighted by atomic mass is 10.2. The van der Waals surface area contributed by atoms with Gasteiger partial charge in [0, 0.05) is 11.1 Å². The van der Waals surface area contributed by atoms with E-state index >= 15 is 0 Å². The van der Waals surface area contributed by atoms with Crippen molar-refractivity contribution in [1.29, 1.82) is 0 Å². The first-order valence-electron chi connectivity index (χ1n) is 5.80. The van der Waals surface area contributed by atoms with Crippen LogP contribution in [0.5, 0.6) is 0 Å². The van der Waals surface area contributed by atoms with Crippen LogP contribution in [0.25, 0.3) is 10.9 Å². The molecule has 0 radical (unpaired) electrons. The summed E-state index contributed by atoms with van der Waals surface area (Å²) in [5.41, 5.74) is 1.79. The Morgan fingerprint density at radius 1 is 1.44 bits per heavy atom. The fourth-order valence-corrected chi connectivity index (χ4v) is 2.16. The van der Waals surface area contributed by atoms with Crippen LogP contribution >= 0.6 is 12.4 Å². The fraction of sp³-hybridized carbons (Fsp3) is 0.333. The lowest BCUT2D eigenvalue weighted by Crippen LogP contribution is -2.35. The highest BCUT2D eigenvalue weighted by atomic mass is 35.5. The van der Waals surface area contributed by atoms with Gasteiger partial charge in [-0.05, 0) is 37.6 Å². The number of aromatic amines is 1. The summed E-state index contributed by atoms with van der Waals surface area (Å²) >= 11 is 0. The maximum atomic E-state index is 11.9. The Labute approximate surface area is 111 Å². The van der Waals surface area contributed by atoms with Crippen molar-refractivity contribution in [3.05, 3.63) is 24.4 Å². The van der Waals surface area contributed by atoms with Gasteiger partial charge in [0.15, 0.2) is 0 Å². The normalized spacial score (nSPS) is 18.6. The molecule has 3 rings (SSSR count). The third-order valence-corrected chi connectivity index (χ3v) is 3.08. The second-order valence-electron chi connectivity index (χ2n) is 4.31. The van der Waals surface area contributed by atoms with Gasteiger partial charge in [-0.1, -0.05) is 0 Å². The molecule has 0 aliphatic carbocycles. The molecule has 1 saturated heterocycles. The van der Waals surface area contributed by atoms with Gasteiger partial charge < -0.3 is 10.6 Å². The Hall–Kier alpha value is -1.59. The summed E-state index contributed by atoms with van der Waals surface area (Å²) in [6.07, 6.45) is 3.73. The Morgan fingerprint density at radius 3 is 3.11 bits per heavy atom. The molecular weight excluding hydrogens is 252 g/mol. The summed E-state index contributed by atoms with van der Waals surface area (Å²) in [5.74, 6) is 0.0466. The molecule has 1 unspecified atom stereocenters. The van der Waals surface area contributed by atoms with Crippen molar-refractivity contribution in [2.75, 3.05) is 11.9 Å². The zero-order valence-corrected chi connectivity index (χ0v) is 10.6. The van der Waals surface area contributed by atoms with Crippen LogP contribution in [0.3, 0.4) is 0 Å². The SMILES string of the molecule is Cl.O=C(Nc1ccc2[nH]ncc2c1)C1CCCN1. The number of fused-ring (bicyclic) bond motifs is 1. The van der Waals surface area contributed by atoms with Crippen molar-refractivity contribution in [2.45, 2.75) is 18.9 Å². The quantitative estimate of drug-likeness (QED) is 0.775. The number of H-pyrrole nitrogens is 1. The van der Waals surface area contributed by atoms with Gasteiger partial charge in [0.1, 0.15) is 0 Å². The van der Waals surface area contributed by atoms with Crippen LogP contribution in [0.15, 0.2) is 24.4 Å². The monoisotopic (exact) mass is 266 g/mol. The molecule has 0 spiro atoms. The first-order chi connectivity index (χ1) is 8.33. The molecule has 96 valence electrons. The van der Waals surface area contributed by atoms with Crippen molar-refractivity contribution in [3.63, 3.8) is 0 Å². The van der Waals surface area contributed by atoms with Crippen molar-refractivity contribution in [3.8, 4) is 0 Å². The zero-order valence-electron chi connectivity index (χ0n) is 9.77. The number of hydrogen-bond acceptors (Lipinski definition) is 3. The Balaban J connectivity index is 0.00000120. The smallest absolute Gasteiger partial charge is 0.241 e. The van der Waals surface area contributed by atoms with Crippen LogP contribution in [-0.2, 0) is 4.79 Å². The van der Waals surface area contributed by atoms with Gasteiger partial charge >= 0.3 is 0 Å². The van der Waals surface area contributed by atoms with E-state index in [1.807, 2.05) is 18.2 Å². The predicted molar refractivity (Wildman–Crippen MR) is 73.0 cm³/mol. The van der Waals surface area contributed by atoms with Crippen LogP contribution in [-0.4, -0.2) is 28.7 Å². The lowest BCUT2D eigenvalue weighted by molar-refractivity contribution is -0.117. The van der Waals surface area contributed by atoms with Gasteiger partial charge in [0.2, 0.25) is 5.91 Å². The molecule has 1 aliphatic heterocycles. The minimum atomic E-state index is -0.0463. The Kier molecular flexibility index (Phi) is 3.84. The number of aromatic nitrogens is 2. The summed E-state index contributed by atoms with van der Waals surface area (Å²) in [6, 6.07) is 5.68. The summed E-state index contributed by atoms with van der Waals surface area (Å²) < 4.78 is 0. The largest absolute Gasteiger partial charge is 0.325 e. The van der Waals surface area contributed by atoms with E-state index < -0.39 is 0 Å². The molecule has 2 aromatic rings. The van der Waals surface area contributed by atoms with E-state index in [9.17, 15) is 4.79 Å².